The average molecular weight is 397 g/mol. The van der Waals surface area contributed by atoms with Crippen LogP contribution in [0.4, 0.5) is 4.79 Å². The highest BCUT2D eigenvalue weighted by Crippen LogP contribution is 2.25. The zero-order valence-electron chi connectivity index (χ0n) is 15.7. The molecule has 0 spiro atoms. The van der Waals surface area contributed by atoms with Gasteiger partial charge in [0.25, 0.3) is 0 Å². The summed E-state index contributed by atoms with van der Waals surface area (Å²) in [6, 6.07) is 3.45. The number of hydrogen-bond acceptors (Lipinski definition) is 5. The first-order chi connectivity index (χ1) is 12.9. The van der Waals surface area contributed by atoms with Crippen LogP contribution in [0, 0.1) is 0 Å². The van der Waals surface area contributed by atoms with Crippen molar-refractivity contribution in [2.45, 2.75) is 57.2 Å². The molecule has 1 aromatic heterocycles. The van der Waals surface area contributed by atoms with Gasteiger partial charge in [0, 0.05) is 37.4 Å². The fraction of sp³-hybridized carbons (Fsp3) is 0.667. The van der Waals surface area contributed by atoms with E-state index in [0.29, 0.717) is 38.4 Å². The zero-order valence-corrected chi connectivity index (χ0v) is 16.5. The van der Waals surface area contributed by atoms with Gasteiger partial charge < -0.3 is 15.4 Å². The number of hydrogen-bond donors (Lipinski definition) is 2. The first-order valence-corrected chi connectivity index (χ1v) is 11.4. The van der Waals surface area contributed by atoms with Crippen molar-refractivity contribution in [2.24, 2.45) is 0 Å². The molecule has 3 rings (SSSR count). The maximum absolute atomic E-state index is 12.2. The smallest absolute Gasteiger partial charge is 0.315 e. The van der Waals surface area contributed by atoms with Gasteiger partial charge in [-0.25, -0.2) is 22.5 Å². The van der Waals surface area contributed by atoms with Gasteiger partial charge in [0.1, 0.15) is 6.10 Å². The quantitative estimate of drug-likeness (QED) is 0.761. The van der Waals surface area contributed by atoms with E-state index < -0.39 is 10.0 Å². The lowest BCUT2D eigenvalue weighted by atomic mass is 10.1. The maximum Gasteiger partial charge on any atom is 0.315 e. The van der Waals surface area contributed by atoms with E-state index in [9.17, 15) is 13.2 Å². The molecule has 1 saturated carbocycles. The van der Waals surface area contributed by atoms with E-state index in [1.165, 1.54) is 23.4 Å². The van der Waals surface area contributed by atoms with E-state index in [1.54, 1.807) is 6.20 Å². The molecule has 0 radical (unpaired) electrons. The van der Waals surface area contributed by atoms with E-state index in [2.05, 4.69) is 15.6 Å². The number of aromatic nitrogens is 1. The Bertz CT molecular complexity index is 741. The van der Waals surface area contributed by atoms with Crippen LogP contribution in [0.5, 0.6) is 5.88 Å². The summed E-state index contributed by atoms with van der Waals surface area (Å²) in [4.78, 5) is 16.5. The number of carbonyl (C=O) groups is 1. The Morgan fingerprint density at radius 3 is 2.63 bits per heavy atom. The molecule has 1 aliphatic heterocycles. The second-order valence-electron chi connectivity index (χ2n) is 7.26. The topological polar surface area (TPSA) is 101 Å². The molecule has 9 heteroatoms. The molecule has 2 heterocycles. The summed E-state index contributed by atoms with van der Waals surface area (Å²) >= 11 is 0. The normalized spacial score (nSPS) is 19.7. The van der Waals surface area contributed by atoms with Crippen molar-refractivity contribution in [3.8, 4) is 5.88 Å². The molecule has 2 aliphatic rings. The van der Waals surface area contributed by atoms with Crippen LogP contribution in [-0.4, -0.2) is 55.2 Å². The Labute approximate surface area is 160 Å². The van der Waals surface area contributed by atoms with Crippen molar-refractivity contribution in [3.63, 3.8) is 0 Å². The molecule has 1 saturated heterocycles. The van der Waals surface area contributed by atoms with Gasteiger partial charge in [-0.1, -0.05) is 6.07 Å². The molecule has 0 bridgehead atoms. The minimum Gasteiger partial charge on any atom is -0.474 e. The Kier molecular flexibility index (Phi) is 6.54. The van der Waals surface area contributed by atoms with Crippen LogP contribution in [0.15, 0.2) is 18.3 Å². The Hall–Kier alpha value is -1.87. The van der Waals surface area contributed by atoms with E-state index in [4.69, 9.17) is 4.74 Å². The van der Waals surface area contributed by atoms with E-state index in [1.807, 2.05) is 12.1 Å². The molecule has 27 heavy (non-hydrogen) atoms. The Morgan fingerprint density at radius 2 is 1.96 bits per heavy atom. The molecule has 150 valence electrons. The predicted molar refractivity (Wildman–Crippen MR) is 102 cm³/mol. The second-order valence-corrected chi connectivity index (χ2v) is 9.24. The van der Waals surface area contributed by atoms with Gasteiger partial charge in [-0.2, -0.15) is 0 Å². The van der Waals surface area contributed by atoms with Crippen LogP contribution in [0.25, 0.3) is 0 Å². The van der Waals surface area contributed by atoms with Crippen molar-refractivity contribution < 1.29 is 17.9 Å². The molecular formula is C18H28N4O4S. The number of rotatable bonds is 6. The number of carbonyl (C=O) groups excluding carboxylic acids is 1. The molecule has 0 atom stereocenters. The van der Waals surface area contributed by atoms with E-state index >= 15 is 0 Å². The summed E-state index contributed by atoms with van der Waals surface area (Å²) < 4.78 is 30.5. The Balaban J connectivity index is 1.46. The van der Waals surface area contributed by atoms with Gasteiger partial charge in [-0.3, -0.25) is 0 Å². The van der Waals surface area contributed by atoms with Crippen molar-refractivity contribution in [3.05, 3.63) is 23.9 Å². The van der Waals surface area contributed by atoms with Crippen LogP contribution in [0.1, 0.15) is 44.1 Å². The summed E-state index contributed by atoms with van der Waals surface area (Å²) in [6.45, 7) is 1.21. The summed E-state index contributed by atoms with van der Waals surface area (Å²) in [6.07, 6.45) is 8.83. The van der Waals surface area contributed by atoms with Crippen LogP contribution in [-0.2, 0) is 16.6 Å². The van der Waals surface area contributed by atoms with Gasteiger partial charge >= 0.3 is 6.03 Å². The van der Waals surface area contributed by atoms with Gasteiger partial charge in [-0.15, -0.1) is 0 Å². The van der Waals surface area contributed by atoms with Crippen molar-refractivity contribution in [1.82, 2.24) is 19.9 Å². The monoisotopic (exact) mass is 396 g/mol. The van der Waals surface area contributed by atoms with Gasteiger partial charge in [-0.05, 0) is 44.6 Å². The SMILES string of the molecule is CS(=O)(=O)N1CCC(NC(=O)NCc2cccnc2OC2CCCC2)CC1. The van der Waals surface area contributed by atoms with Gasteiger partial charge in [0.15, 0.2) is 0 Å². The fourth-order valence-electron chi connectivity index (χ4n) is 3.57. The minimum atomic E-state index is -3.15. The standard InChI is InChI=1S/C18H28N4O4S/c1-27(24,25)22-11-8-15(9-12-22)21-18(23)20-13-14-5-4-10-19-17(14)26-16-6-2-3-7-16/h4-5,10,15-16H,2-3,6-9,11-13H2,1H3,(H2,20,21,23). The molecule has 2 N–H and O–H groups in total. The lowest BCUT2D eigenvalue weighted by Crippen LogP contribution is -2.48. The van der Waals surface area contributed by atoms with Crippen LogP contribution in [0.3, 0.4) is 0 Å². The van der Waals surface area contributed by atoms with E-state index in [-0.39, 0.29) is 18.2 Å². The third kappa shape index (κ3) is 5.80. The molecule has 1 aromatic rings. The highest BCUT2D eigenvalue weighted by Gasteiger charge is 2.25. The number of nitrogens with one attached hydrogen (secondary N) is 2. The van der Waals surface area contributed by atoms with Gasteiger partial charge in [0.05, 0.1) is 6.26 Å². The number of urea groups is 1. The van der Waals surface area contributed by atoms with Crippen molar-refractivity contribution in [2.75, 3.05) is 19.3 Å². The molecule has 2 fully saturated rings. The van der Waals surface area contributed by atoms with Crippen LogP contribution < -0.4 is 15.4 Å². The van der Waals surface area contributed by atoms with Crippen LogP contribution >= 0.6 is 0 Å². The zero-order chi connectivity index (χ0) is 19.3. The number of amides is 2. The molecule has 1 aliphatic carbocycles. The number of piperidine rings is 1. The highest BCUT2D eigenvalue weighted by molar-refractivity contribution is 7.88. The average Bonchev–Trinajstić information content (AvgIpc) is 3.14. The largest absolute Gasteiger partial charge is 0.474 e. The Morgan fingerprint density at radius 1 is 1.26 bits per heavy atom. The molecule has 0 aromatic carbocycles. The van der Waals surface area contributed by atoms with Crippen molar-refractivity contribution >= 4 is 16.1 Å². The number of sulfonamides is 1. The third-order valence-electron chi connectivity index (χ3n) is 5.13. The summed E-state index contributed by atoms with van der Waals surface area (Å²) in [5, 5.41) is 5.77. The first-order valence-electron chi connectivity index (χ1n) is 9.52. The minimum absolute atomic E-state index is 0.0221. The fourth-order valence-corrected chi connectivity index (χ4v) is 4.45. The molecule has 2 amide bonds. The third-order valence-corrected chi connectivity index (χ3v) is 6.43. The van der Waals surface area contributed by atoms with E-state index in [0.717, 1.165) is 18.4 Å². The lowest BCUT2D eigenvalue weighted by Gasteiger charge is -2.30. The summed E-state index contributed by atoms with van der Waals surface area (Å²) in [7, 11) is -3.15. The highest BCUT2D eigenvalue weighted by atomic mass is 32.2. The van der Waals surface area contributed by atoms with Crippen molar-refractivity contribution in [1.29, 1.82) is 0 Å². The molecule has 8 nitrogen and oxygen atoms in total. The second kappa shape index (κ2) is 8.88. The number of pyridine rings is 1. The predicted octanol–water partition coefficient (Wildman–Crippen LogP) is 1.63. The maximum atomic E-state index is 12.2. The number of ether oxygens (including phenoxy) is 1. The molecular weight excluding hydrogens is 368 g/mol. The van der Waals surface area contributed by atoms with Gasteiger partial charge in [0.2, 0.25) is 15.9 Å². The lowest BCUT2D eigenvalue weighted by molar-refractivity contribution is 0.198. The summed E-state index contributed by atoms with van der Waals surface area (Å²) in [5.74, 6) is 0.589. The first kappa shape index (κ1) is 19.9. The number of nitrogens with zero attached hydrogens (tertiary/aromatic N) is 2. The summed E-state index contributed by atoms with van der Waals surface area (Å²) in [5.41, 5.74) is 0.853. The van der Waals surface area contributed by atoms with Crippen LogP contribution in [0.2, 0.25) is 0 Å². The molecule has 0 unspecified atom stereocenters.